The smallest absolute Gasteiger partial charge is 0.123 e. The van der Waals surface area contributed by atoms with Gasteiger partial charge in [0.05, 0.1) is 0 Å². The highest BCUT2D eigenvalue weighted by Crippen LogP contribution is 2.31. The Kier molecular flexibility index (Phi) is 3.06. The lowest BCUT2D eigenvalue weighted by Crippen LogP contribution is -2.18. The molecular weight excluding hydrogens is 189 g/mol. The van der Waals surface area contributed by atoms with Gasteiger partial charge >= 0.3 is 0 Å². The number of hydrogen-bond acceptors (Lipinski definition) is 1. The average molecular weight is 207 g/mol. The third-order valence-electron chi connectivity index (χ3n) is 3.38. The van der Waals surface area contributed by atoms with E-state index in [1.54, 1.807) is 12.1 Å². The Morgan fingerprint density at radius 3 is 2.93 bits per heavy atom. The van der Waals surface area contributed by atoms with Crippen molar-refractivity contribution in [2.24, 2.45) is 5.92 Å². The number of benzene rings is 1. The number of fused-ring (bicyclic) bond motifs is 1. The Morgan fingerprint density at radius 1 is 1.40 bits per heavy atom. The Hall–Kier alpha value is -0.890. The van der Waals surface area contributed by atoms with Gasteiger partial charge in [-0.15, -0.1) is 0 Å². The van der Waals surface area contributed by atoms with Gasteiger partial charge in [0.2, 0.25) is 0 Å². The molecule has 0 bridgehead atoms. The quantitative estimate of drug-likeness (QED) is 0.698. The van der Waals surface area contributed by atoms with Crippen LogP contribution >= 0.6 is 0 Å². The normalized spacial score (nSPS) is 25.8. The summed E-state index contributed by atoms with van der Waals surface area (Å²) >= 11 is 0. The molecule has 1 aliphatic rings. The maximum Gasteiger partial charge on any atom is 0.123 e. The van der Waals surface area contributed by atoms with E-state index >= 15 is 0 Å². The molecule has 1 nitrogen and oxygen atoms in total. The first-order chi connectivity index (χ1) is 7.20. The highest BCUT2D eigenvalue weighted by atomic mass is 19.1. The molecule has 0 radical (unpaired) electrons. The first kappa shape index (κ1) is 10.6. The van der Waals surface area contributed by atoms with Gasteiger partial charge in [0.25, 0.3) is 0 Å². The monoisotopic (exact) mass is 207 g/mol. The molecule has 1 N–H and O–H groups in total. The van der Waals surface area contributed by atoms with E-state index in [0.29, 0.717) is 12.0 Å². The van der Waals surface area contributed by atoms with Gasteiger partial charge in [0, 0.05) is 6.04 Å². The van der Waals surface area contributed by atoms with Crippen molar-refractivity contribution in [1.29, 1.82) is 0 Å². The van der Waals surface area contributed by atoms with Gasteiger partial charge in [-0.05, 0) is 55.5 Å². The SMILES string of the molecule is CNC1CC(C)CCc2ccc(F)cc21. The second-order valence-corrected chi connectivity index (χ2v) is 4.56. The molecule has 2 heteroatoms. The van der Waals surface area contributed by atoms with Crippen molar-refractivity contribution >= 4 is 0 Å². The van der Waals surface area contributed by atoms with E-state index in [0.717, 1.165) is 18.4 Å². The van der Waals surface area contributed by atoms with Crippen LogP contribution in [-0.2, 0) is 6.42 Å². The van der Waals surface area contributed by atoms with Crippen molar-refractivity contribution < 1.29 is 4.39 Å². The summed E-state index contributed by atoms with van der Waals surface area (Å²) < 4.78 is 13.2. The van der Waals surface area contributed by atoms with Crippen LogP contribution in [0.1, 0.15) is 36.9 Å². The van der Waals surface area contributed by atoms with Crippen LogP contribution in [0.4, 0.5) is 4.39 Å². The van der Waals surface area contributed by atoms with Gasteiger partial charge < -0.3 is 5.32 Å². The maximum atomic E-state index is 13.2. The number of aryl methyl sites for hydroxylation is 1. The molecule has 0 saturated heterocycles. The Morgan fingerprint density at radius 2 is 2.20 bits per heavy atom. The zero-order chi connectivity index (χ0) is 10.8. The van der Waals surface area contributed by atoms with Gasteiger partial charge in [-0.1, -0.05) is 13.0 Å². The van der Waals surface area contributed by atoms with Crippen molar-refractivity contribution in [2.75, 3.05) is 7.05 Å². The fraction of sp³-hybridized carbons (Fsp3) is 0.538. The molecule has 0 amide bonds. The molecule has 0 aromatic heterocycles. The summed E-state index contributed by atoms with van der Waals surface area (Å²) in [6.07, 6.45) is 3.39. The van der Waals surface area contributed by atoms with Crippen LogP contribution in [0.25, 0.3) is 0 Å². The molecule has 1 aromatic carbocycles. The predicted octanol–water partition coefficient (Wildman–Crippen LogP) is 3.06. The summed E-state index contributed by atoms with van der Waals surface area (Å²) in [5, 5.41) is 3.29. The summed E-state index contributed by atoms with van der Waals surface area (Å²) in [5.74, 6) is 0.585. The van der Waals surface area contributed by atoms with Gasteiger partial charge in [-0.3, -0.25) is 0 Å². The standard InChI is InChI=1S/C13H18FN/c1-9-3-4-10-5-6-11(14)8-12(10)13(7-9)15-2/h5-6,8-9,13,15H,3-4,7H2,1-2H3. The second kappa shape index (κ2) is 4.31. The average Bonchev–Trinajstić information content (AvgIpc) is 2.38. The Labute approximate surface area is 90.7 Å². The lowest BCUT2D eigenvalue weighted by atomic mass is 9.97. The van der Waals surface area contributed by atoms with Gasteiger partial charge in [0.15, 0.2) is 0 Å². The minimum Gasteiger partial charge on any atom is -0.313 e. The summed E-state index contributed by atoms with van der Waals surface area (Å²) in [6, 6.07) is 5.51. The highest BCUT2D eigenvalue weighted by molar-refractivity contribution is 5.32. The van der Waals surface area contributed by atoms with E-state index in [9.17, 15) is 4.39 Å². The van der Waals surface area contributed by atoms with Crippen molar-refractivity contribution in [3.63, 3.8) is 0 Å². The topological polar surface area (TPSA) is 12.0 Å². The highest BCUT2D eigenvalue weighted by Gasteiger charge is 2.21. The van der Waals surface area contributed by atoms with E-state index in [-0.39, 0.29) is 5.82 Å². The number of halogens is 1. The lowest BCUT2D eigenvalue weighted by molar-refractivity contribution is 0.427. The third kappa shape index (κ3) is 2.20. The maximum absolute atomic E-state index is 13.2. The third-order valence-corrected chi connectivity index (χ3v) is 3.38. The molecule has 15 heavy (non-hydrogen) atoms. The van der Waals surface area contributed by atoms with Crippen LogP contribution in [-0.4, -0.2) is 7.05 Å². The molecular formula is C13H18FN. The van der Waals surface area contributed by atoms with Crippen LogP contribution in [0.2, 0.25) is 0 Å². The molecule has 0 aliphatic heterocycles. The van der Waals surface area contributed by atoms with Crippen molar-refractivity contribution in [2.45, 2.75) is 32.2 Å². The van der Waals surface area contributed by atoms with Crippen LogP contribution in [0.15, 0.2) is 18.2 Å². The molecule has 0 heterocycles. The largest absolute Gasteiger partial charge is 0.313 e. The molecule has 0 saturated carbocycles. The summed E-state index contributed by atoms with van der Waals surface area (Å²) in [5.41, 5.74) is 2.46. The van der Waals surface area contributed by atoms with Gasteiger partial charge in [-0.25, -0.2) is 4.39 Å². The number of nitrogens with one attached hydrogen (secondary N) is 1. The fourth-order valence-corrected chi connectivity index (χ4v) is 2.44. The zero-order valence-corrected chi connectivity index (χ0v) is 9.39. The molecule has 2 unspecified atom stereocenters. The molecule has 0 fully saturated rings. The van der Waals surface area contributed by atoms with Gasteiger partial charge in [0.1, 0.15) is 5.82 Å². The van der Waals surface area contributed by atoms with Crippen molar-refractivity contribution in [1.82, 2.24) is 5.32 Å². The number of hydrogen-bond donors (Lipinski definition) is 1. The van der Waals surface area contributed by atoms with E-state index < -0.39 is 0 Å². The summed E-state index contributed by atoms with van der Waals surface area (Å²) in [7, 11) is 1.96. The summed E-state index contributed by atoms with van der Waals surface area (Å²) in [4.78, 5) is 0. The van der Waals surface area contributed by atoms with Crippen LogP contribution < -0.4 is 5.32 Å². The zero-order valence-electron chi connectivity index (χ0n) is 9.39. The van der Waals surface area contributed by atoms with E-state index in [1.807, 2.05) is 13.1 Å². The molecule has 2 atom stereocenters. The predicted molar refractivity (Wildman–Crippen MR) is 60.3 cm³/mol. The fourth-order valence-electron chi connectivity index (χ4n) is 2.44. The lowest BCUT2D eigenvalue weighted by Gasteiger charge is -2.18. The molecule has 82 valence electrons. The minimum absolute atomic E-state index is 0.122. The molecule has 1 aliphatic carbocycles. The van der Waals surface area contributed by atoms with E-state index in [1.165, 1.54) is 12.0 Å². The van der Waals surface area contributed by atoms with Crippen LogP contribution in [0.5, 0.6) is 0 Å². The first-order valence-electron chi connectivity index (χ1n) is 5.66. The minimum atomic E-state index is -0.122. The van der Waals surface area contributed by atoms with E-state index in [4.69, 9.17) is 0 Å². The molecule has 0 spiro atoms. The second-order valence-electron chi connectivity index (χ2n) is 4.56. The van der Waals surface area contributed by atoms with Crippen molar-refractivity contribution in [3.8, 4) is 0 Å². The first-order valence-corrected chi connectivity index (χ1v) is 5.66. The van der Waals surface area contributed by atoms with Crippen molar-refractivity contribution in [3.05, 3.63) is 35.1 Å². The summed E-state index contributed by atoms with van der Waals surface area (Å²) in [6.45, 7) is 2.27. The van der Waals surface area contributed by atoms with Crippen LogP contribution in [0.3, 0.4) is 0 Å². The molecule has 1 aromatic rings. The van der Waals surface area contributed by atoms with Crippen LogP contribution in [0, 0.1) is 11.7 Å². The Balaban J connectivity index is 2.39. The number of rotatable bonds is 1. The van der Waals surface area contributed by atoms with E-state index in [2.05, 4.69) is 12.2 Å². The van der Waals surface area contributed by atoms with Gasteiger partial charge in [-0.2, -0.15) is 0 Å². The Bertz CT molecular complexity index is 348. The molecule has 2 rings (SSSR count).